The Balaban J connectivity index is 1.75. The number of rotatable bonds is 6. The Labute approximate surface area is 160 Å². The lowest BCUT2D eigenvalue weighted by Gasteiger charge is -2.20. The molecule has 1 heterocycles. The van der Waals surface area contributed by atoms with Gasteiger partial charge in [-0.1, -0.05) is 23.8 Å². The van der Waals surface area contributed by atoms with Gasteiger partial charge in [0.25, 0.3) is 15.9 Å². The topological polar surface area (TPSA) is 75.7 Å². The highest BCUT2D eigenvalue weighted by atomic mass is 32.2. The Kier molecular flexibility index (Phi) is 5.82. The molecule has 1 saturated heterocycles. The highest BCUT2D eigenvalue weighted by molar-refractivity contribution is 7.92. The first-order valence-electron chi connectivity index (χ1n) is 8.93. The monoisotopic (exact) mass is 388 g/mol. The van der Waals surface area contributed by atoms with Gasteiger partial charge in [0, 0.05) is 25.8 Å². The number of anilines is 1. The van der Waals surface area contributed by atoms with E-state index >= 15 is 0 Å². The van der Waals surface area contributed by atoms with Crippen LogP contribution in [0.1, 0.15) is 28.8 Å². The maximum atomic E-state index is 12.8. The summed E-state index contributed by atoms with van der Waals surface area (Å²) in [5.74, 6) is -0.242. The Bertz CT molecular complexity index is 904. The number of aryl methyl sites for hydroxylation is 1. The minimum absolute atomic E-state index is 0.0571. The fourth-order valence-corrected chi connectivity index (χ4v) is 4.15. The molecule has 2 aromatic rings. The second-order valence-electron chi connectivity index (χ2n) is 6.68. The average molecular weight is 388 g/mol. The Morgan fingerprint density at radius 3 is 2.63 bits per heavy atom. The quantitative estimate of drug-likeness (QED) is 0.826. The number of hydrogen-bond donors (Lipinski definition) is 1. The molecule has 0 bridgehead atoms. The Hall–Kier alpha value is -2.38. The van der Waals surface area contributed by atoms with E-state index in [1.54, 1.807) is 48.5 Å². The molecule has 1 N–H and O–H groups in total. The van der Waals surface area contributed by atoms with Gasteiger partial charge in [-0.3, -0.25) is 9.10 Å². The SMILES string of the molecule is Cc1ccc(S(=O)(=O)N(C)c2cccc(C(=O)NC[C@@H]3CCCO3)c2)cc1. The third kappa shape index (κ3) is 4.48. The van der Waals surface area contributed by atoms with Crippen LogP contribution in [0.4, 0.5) is 5.69 Å². The fourth-order valence-electron chi connectivity index (χ4n) is 2.96. The summed E-state index contributed by atoms with van der Waals surface area (Å²) in [5.41, 5.74) is 1.83. The van der Waals surface area contributed by atoms with Crippen molar-refractivity contribution in [2.24, 2.45) is 0 Å². The van der Waals surface area contributed by atoms with Crippen LogP contribution < -0.4 is 9.62 Å². The van der Waals surface area contributed by atoms with Crippen molar-refractivity contribution in [3.8, 4) is 0 Å². The highest BCUT2D eigenvalue weighted by Crippen LogP contribution is 2.23. The molecule has 1 aliphatic heterocycles. The van der Waals surface area contributed by atoms with Crippen molar-refractivity contribution in [2.45, 2.75) is 30.8 Å². The number of carbonyl (C=O) groups is 1. The van der Waals surface area contributed by atoms with E-state index in [4.69, 9.17) is 4.74 Å². The van der Waals surface area contributed by atoms with Crippen LogP contribution in [0.15, 0.2) is 53.4 Å². The molecule has 27 heavy (non-hydrogen) atoms. The number of benzene rings is 2. The minimum Gasteiger partial charge on any atom is -0.376 e. The molecule has 7 heteroatoms. The molecule has 144 valence electrons. The number of sulfonamides is 1. The summed E-state index contributed by atoms with van der Waals surface area (Å²) in [5, 5.41) is 2.85. The number of carbonyl (C=O) groups excluding carboxylic acids is 1. The Morgan fingerprint density at radius 1 is 1.22 bits per heavy atom. The van der Waals surface area contributed by atoms with Crippen molar-refractivity contribution >= 4 is 21.6 Å². The van der Waals surface area contributed by atoms with Gasteiger partial charge in [-0.25, -0.2) is 8.42 Å². The Morgan fingerprint density at radius 2 is 1.96 bits per heavy atom. The molecule has 1 aliphatic rings. The van der Waals surface area contributed by atoms with E-state index in [-0.39, 0.29) is 16.9 Å². The predicted octanol–water partition coefficient (Wildman–Crippen LogP) is 2.73. The molecule has 0 aliphatic carbocycles. The van der Waals surface area contributed by atoms with Gasteiger partial charge in [0.05, 0.1) is 16.7 Å². The van der Waals surface area contributed by atoms with Gasteiger partial charge < -0.3 is 10.1 Å². The fraction of sp³-hybridized carbons (Fsp3) is 0.350. The smallest absolute Gasteiger partial charge is 0.264 e. The van der Waals surface area contributed by atoms with Gasteiger partial charge in [-0.05, 0) is 50.1 Å². The maximum absolute atomic E-state index is 12.8. The summed E-state index contributed by atoms with van der Waals surface area (Å²) in [6, 6.07) is 13.3. The molecule has 0 unspecified atom stereocenters. The van der Waals surface area contributed by atoms with Crippen LogP contribution in [0.5, 0.6) is 0 Å². The maximum Gasteiger partial charge on any atom is 0.264 e. The third-order valence-corrected chi connectivity index (χ3v) is 6.47. The van der Waals surface area contributed by atoms with E-state index in [9.17, 15) is 13.2 Å². The molecule has 1 atom stereocenters. The lowest BCUT2D eigenvalue weighted by molar-refractivity contribution is 0.0858. The molecule has 0 saturated carbocycles. The summed E-state index contributed by atoms with van der Waals surface area (Å²) < 4.78 is 32.4. The van der Waals surface area contributed by atoms with Gasteiger partial charge in [0.1, 0.15) is 0 Å². The standard InChI is InChI=1S/C20H24N2O4S/c1-15-8-10-19(11-9-15)27(24,25)22(2)17-6-3-5-16(13-17)20(23)21-14-18-7-4-12-26-18/h3,5-6,8-11,13,18H,4,7,12,14H2,1-2H3,(H,21,23)/t18-/m0/s1. The van der Waals surface area contributed by atoms with Crippen molar-refractivity contribution in [3.05, 3.63) is 59.7 Å². The summed E-state index contributed by atoms with van der Waals surface area (Å²) in [6.45, 7) is 3.09. The summed E-state index contributed by atoms with van der Waals surface area (Å²) >= 11 is 0. The predicted molar refractivity (Wildman–Crippen MR) is 105 cm³/mol. The number of hydrogen-bond acceptors (Lipinski definition) is 4. The highest BCUT2D eigenvalue weighted by Gasteiger charge is 2.22. The molecular weight excluding hydrogens is 364 g/mol. The van der Waals surface area contributed by atoms with E-state index in [1.165, 1.54) is 11.4 Å². The molecule has 0 radical (unpaired) electrons. The molecule has 0 spiro atoms. The van der Waals surface area contributed by atoms with Crippen LogP contribution in [0.2, 0.25) is 0 Å². The molecule has 1 amide bonds. The molecule has 1 fully saturated rings. The van der Waals surface area contributed by atoms with Crippen LogP contribution in [-0.2, 0) is 14.8 Å². The van der Waals surface area contributed by atoms with Crippen LogP contribution >= 0.6 is 0 Å². The molecule has 3 rings (SSSR count). The van der Waals surface area contributed by atoms with E-state index in [0.717, 1.165) is 25.0 Å². The number of ether oxygens (including phenoxy) is 1. The number of amides is 1. The molecule has 6 nitrogen and oxygen atoms in total. The van der Waals surface area contributed by atoms with Gasteiger partial charge in [-0.15, -0.1) is 0 Å². The lowest BCUT2D eigenvalue weighted by atomic mass is 10.2. The van der Waals surface area contributed by atoms with Gasteiger partial charge in [0.2, 0.25) is 0 Å². The summed E-state index contributed by atoms with van der Waals surface area (Å²) in [4.78, 5) is 12.6. The zero-order valence-electron chi connectivity index (χ0n) is 15.5. The van der Waals surface area contributed by atoms with Gasteiger partial charge in [-0.2, -0.15) is 0 Å². The largest absolute Gasteiger partial charge is 0.376 e. The first-order valence-corrected chi connectivity index (χ1v) is 10.4. The van der Waals surface area contributed by atoms with Crippen molar-refractivity contribution in [2.75, 3.05) is 24.5 Å². The second-order valence-corrected chi connectivity index (χ2v) is 8.65. The van der Waals surface area contributed by atoms with Crippen molar-refractivity contribution in [3.63, 3.8) is 0 Å². The molecule has 0 aromatic heterocycles. The van der Waals surface area contributed by atoms with Gasteiger partial charge >= 0.3 is 0 Å². The van der Waals surface area contributed by atoms with E-state index < -0.39 is 10.0 Å². The van der Waals surface area contributed by atoms with Crippen LogP contribution in [0.3, 0.4) is 0 Å². The van der Waals surface area contributed by atoms with Gasteiger partial charge in [0.15, 0.2) is 0 Å². The van der Waals surface area contributed by atoms with Crippen LogP contribution in [0.25, 0.3) is 0 Å². The molecule has 2 aromatic carbocycles. The van der Waals surface area contributed by atoms with Crippen molar-refractivity contribution in [1.29, 1.82) is 0 Å². The minimum atomic E-state index is -3.69. The average Bonchev–Trinajstić information content (AvgIpc) is 3.19. The zero-order chi connectivity index (χ0) is 19.4. The van der Waals surface area contributed by atoms with Crippen molar-refractivity contribution in [1.82, 2.24) is 5.32 Å². The summed E-state index contributed by atoms with van der Waals surface area (Å²) in [7, 11) is -2.21. The van der Waals surface area contributed by atoms with E-state index in [2.05, 4.69) is 5.32 Å². The lowest BCUT2D eigenvalue weighted by Crippen LogP contribution is -2.32. The first kappa shape index (κ1) is 19.4. The third-order valence-electron chi connectivity index (χ3n) is 4.67. The van der Waals surface area contributed by atoms with Crippen molar-refractivity contribution < 1.29 is 17.9 Å². The second kappa shape index (κ2) is 8.10. The zero-order valence-corrected chi connectivity index (χ0v) is 16.3. The normalized spacial score (nSPS) is 16.9. The van der Waals surface area contributed by atoms with Crippen LogP contribution in [0, 0.1) is 6.92 Å². The number of nitrogens with one attached hydrogen (secondary N) is 1. The number of nitrogens with zero attached hydrogens (tertiary/aromatic N) is 1. The summed E-state index contributed by atoms with van der Waals surface area (Å²) in [6.07, 6.45) is 2.01. The first-order chi connectivity index (χ1) is 12.9. The van der Waals surface area contributed by atoms with E-state index in [0.29, 0.717) is 17.8 Å². The van der Waals surface area contributed by atoms with E-state index in [1.807, 2.05) is 6.92 Å². The molecular formula is C20H24N2O4S. The van der Waals surface area contributed by atoms with Crippen LogP contribution in [-0.4, -0.2) is 40.6 Å².